The van der Waals surface area contributed by atoms with E-state index in [1.165, 1.54) is 4.90 Å². The highest BCUT2D eigenvalue weighted by atomic mass is 16.5. The van der Waals surface area contributed by atoms with Gasteiger partial charge in [-0.05, 0) is 46.9 Å². The van der Waals surface area contributed by atoms with Crippen molar-refractivity contribution in [2.75, 3.05) is 13.2 Å². The summed E-state index contributed by atoms with van der Waals surface area (Å²) in [6.07, 6.45) is 1.91. The molecule has 0 spiro atoms. The summed E-state index contributed by atoms with van der Waals surface area (Å²) in [5, 5.41) is 12.6. The second kappa shape index (κ2) is 8.70. The first kappa shape index (κ1) is 23.4. The minimum atomic E-state index is -1.08. The molecule has 2 N–H and O–H groups in total. The Morgan fingerprint density at radius 3 is 2.26 bits per heavy atom. The third-order valence-corrected chi connectivity index (χ3v) is 7.92. The van der Waals surface area contributed by atoms with Crippen LogP contribution in [0.3, 0.4) is 0 Å². The summed E-state index contributed by atoms with van der Waals surface area (Å²) in [4.78, 5) is 39.3. The highest BCUT2D eigenvalue weighted by molar-refractivity contribution is 5.90. The molecule has 35 heavy (non-hydrogen) atoms. The zero-order valence-corrected chi connectivity index (χ0v) is 20.3. The smallest absolute Gasteiger partial charge is 0.407 e. The minimum absolute atomic E-state index is 0.0352. The molecule has 3 fully saturated rings. The van der Waals surface area contributed by atoms with Gasteiger partial charge in [-0.3, -0.25) is 4.79 Å². The lowest BCUT2D eigenvalue weighted by molar-refractivity contribution is -0.160. The zero-order valence-electron chi connectivity index (χ0n) is 20.3. The van der Waals surface area contributed by atoms with Crippen molar-refractivity contribution < 1.29 is 24.2 Å². The predicted octanol–water partition coefficient (Wildman–Crippen LogP) is 4.55. The van der Waals surface area contributed by atoms with Crippen LogP contribution in [0.25, 0.3) is 11.1 Å². The third-order valence-electron chi connectivity index (χ3n) is 7.92. The largest absolute Gasteiger partial charge is 0.479 e. The Kier molecular flexibility index (Phi) is 5.82. The molecule has 2 aliphatic carbocycles. The Morgan fingerprint density at radius 1 is 1.09 bits per heavy atom. The number of hydrogen-bond acceptors (Lipinski definition) is 4. The molecule has 4 aliphatic rings. The van der Waals surface area contributed by atoms with Crippen LogP contribution in [0.15, 0.2) is 48.5 Å². The van der Waals surface area contributed by atoms with Gasteiger partial charge in [0, 0.05) is 24.9 Å². The van der Waals surface area contributed by atoms with Crippen molar-refractivity contribution in [3.63, 3.8) is 0 Å². The molecule has 2 amide bonds. The molecule has 0 aromatic heterocycles. The normalized spacial score (nSPS) is 24.8. The zero-order chi connectivity index (χ0) is 24.8. The fraction of sp³-hybridized carbons (Fsp3) is 0.464. The van der Waals surface area contributed by atoms with Crippen LogP contribution in [0.1, 0.15) is 63.0 Å². The fourth-order valence-electron chi connectivity index (χ4n) is 6.49. The van der Waals surface area contributed by atoms with Crippen LogP contribution in [-0.2, 0) is 14.3 Å². The van der Waals surface area contributed by atoms with Crippen molar-refractivity contribution in [2.45, 2.75) is 63.5 Å². The van der Waals surface area contributed by atoms with Gasteiger partial charge in [0.25, 0.3) is 0 Å². The van der Waals surface area contributed by atoms with Gasteiger partial charge in [0.1, 0.15) is 12.1 Å². The van der Waals surface area contributed by atoms with Crippen LogP contribution < -0.4 is 5.32 Å². The van der Waals surface area contributed by atoms with E-state index in [0.29, 0.717) is 25.8 Å². The van der Waals surface area contributed by atoms with Crippen LogP contribution in [-0.4, -0.2) is 52.7 Å². The molecule has 7 heteroatoms. The average Bonchev–Trinajstić information content (AvgIpc) is 3.42. The van der Waals surface area contributed by atoms with Crippen molar-refractivity contribution in [2.24, 2.45) is 5.41 Å². The summed E-state index contributed by atoms with van der Waals surface area (Å²) < 4.78 is 5.66. The van der Waals surface area contributed by atoms with Crippen molar-refractivity contribution in [3.05, 3.63) is 59.7 Å². The van der Waals surface area contributed by atoms with E-state index < -0.39 is 23.6 Å². The minimum Gasteiger partial charge on any atom is -0.479 e. The lowest BCUT2D eigenvalue weighted by atomic mass is 9.63. The second-order valence-electron chi connectivity index (χ2n) is 10.6. The van der Waals surface area contributed by atoms with Crippen molar-refractivity contribution >= 4 is 18.0 Å². The summed E-state index contributed by atoms with van der Waals surface area (Å²) >= 11 is 0. The maximum Gasteiger partial charge on any atom is 0.407 e. The Labute approximate surface area is 205 Å². The van der Waals surface area contributed by atoms with Gasteiger partial charge in [0.15, 0.2) is 0 Å². The summed E-state index contributed by atoms with van der Waals surface area (Å²) in [7, 11) is 0. The van der Waals surface area contributed by atoms with E-state index in [0.717, 1.165) is 28.7 Å². The fourth-order valence-corrected chi connectivity index (χ4v) is 6.49. The number of rotatable bonds is 8. The van der Waals surface area contributed by atoms with Crippen LogP contribution >= 0.6 is 0 Å². The number of aliphatic carboxylic acids is 1. The van der Waals surface area contributed by atoms with Gasteiger partial charge >= 0.3 is 12.1 Å². The van der Waals surface area contributed by atoms with E-state index in [2.05, 4.69) is 29.6 Å². The highest BCUT2D eigenvalue weighted by Gasteiger charge is 2.68. The topological polar surface area (TPSA) is 95.9 Å². The number of nitrogens with zero attached hydrogens (tertiary/aromatic N) is 1. The maximum absolute atomic E-state index is 13.1. The molecule has 1 saturated carbocycles. The number of carbonyl (C=O) groups excluding carboxylic acids is 2. The number of alkyl carbamates (subject to hydrolysis) is 1. The molecule has 6 rings (SSSR count). The van der Waals surface area contributed by atoms with Crippen molar-refractivity contribution in [1.29, 1.82) is 0 Å². The van der Waals surface area contributed by atoms with E-state index in [1.54, 1.807) is 0 Å². The predicted molar refractivity (Wildman–Crippen MR) is 131 cm³/mol. The molecule has 1 atom stereocenters. The van der Waals surface area contributed by atoms with Gasteiger partial charge in [-0.2, -0.15) is 0 Å². The maximum atomic E-state index is 13.1. The molecule has 0 radical (unpaired) electrons. The van der Waals surface area contributed by atoms with E-state index in [-0.39, 0.29) is 30.3 Å². The lowest BCUT2D eigenvalue weighted by Crippen LogP contribution is -2.56. The number of carboxylic acid groups (broad SMARTS) is 1. The van der Waals surface area contributed by atoms with Gasteiger partial charge in [-0.25, -0.2) is 9.59 Å². The van der Waals surface area contributed by atoms with Crippen molar-refractivity contribution in [3.8, 4) is 11.1 Å². The molecule has 2 aromatic rings. The first-order valence-corrected chi connectivity index (χ1v) is 12.4. The summed E-state index contributed by atoms with van der Waals surface area (Å²) in [6, 6.07) is 15.9. The van der Waals surface area contributed by atoms with E-state index in [4.69, 9.17) is 4.74 Å². The number of carbonyl (C=O) groups is 3. The first-order chi connectivity index (χ1) is 16.8. The number of hydrogen-bond donors (Lipinski definition) is 2. The molecule has 2 bridgehead atoms. The molecular formula is C28H32N2O5. The monoisotopic (exact) mass is 476 g/mol. The quantitative estimate of drug-likeness (QED) is 0.583. The highest BCUT2D eigenvalue weighted by Crippen LogP contribution is 2.59. The molecule has 184 valence electrons. The number of fused-ring (bicyclic) bond motifs is 4. The Bertz CT molecular complexity index is 1120. The summed E-state index contributed by atoms with van der Waals surface area (Å²) in [6.45, 7) is 4.69. The SMILES string of the molecule is CCC[C@@H](CC(=O)N1CC2(C)CC1(C(=O)O)C2)NC(=O)OCC1c2ccccc2-c2ccccc21. The number of benzene rings is 2. The summed E-state index contributed by atoms with van der Waals surface area (Å²) in [5.74, 6) is -1.18. The molecule has 2 heterocycles. The molecule has 0 unspecified atom stereocenters. The molecule has 7 nitrogen and oxygen atoms in total. The first-order valence-electron chi connectivity index (χ1n) is 12.4. The van der Waals surface area contributed by atoms with Gasteiger partial charge in [-0.1, -0.05) is 68.8 Å². The molecule has 2 saturated heterocycles. The Morgan fingerprint density at radius 2 is 1.69 bits per heavy atom. The van der Waals surface area contributed by atoms with Gasteiger partial charge < -0.3 is 20.1 Å². The number of carboxylic acids is 1. The third kappa shape index (κ3) is 3.97. The van der Waals surface area contributed by atoms with Crippen LogP contribution in [0, 0.1) is 5.41 Å². The lowest BCUT2D eigenvalue weighted by Gasteiger charge is -2.42. The standard InChI is InChI=1S/C28H32N2O5/c1-3-8-18(13-24(31)30-17-27(2)15-28(30,16-27)25(32)33)29-26(34)35-14-23-21-11-6-4-9-19(21)20-10-5-7-12-22(20)23/h4-7,9-12,18,23H,3,8,13-17H2,1-2H3,(H,29,34)(H,32,33)/t18-,27?,28?/m0/s1. The van der Waals surface area contributed by atoms with Crippen molar-refractivity contribution in [1.82, 2.24) is 10.2 Å². The number of nitrogens with one attached hydrogen (secondary N) is 1. The summed E-state index contributed by atoms with van der Waals surface area (Å²) in [5.41, 5.74) is 3.42. The van der Waals surface area contributed by atoms with Gasteiger partial charge in [0.05, 0.1) is 0 Å². The van der Waals surface area contributed by atoms with E-state index in [9.17, 15) is 19.5 Å². The number of ether oxygens (including phenoxy) is 1. The van der Waals surface area contributed by atoms with Crippen LogP contribution in [0.5, 0.6) is 0 Å². The Balaban J connectivity index is 1.22. The number of amides is 2. The van der Waals surface area contributed by atoms with Crippen LogP contribution in [0.2, 0.25) is 0 Å². The molecule has 2 aromatic carbocycles. The average molecular weight is 477 g/mol. The Hall–Kier alpha value is -3.35. The molecule has 2 aliphatic heterocycles. The van der Waals surface area contributed by atoms with Gasteiger partial charge in [-0.15, -0.1) is 0 Å². The second-order valence-corrected chi connectivity index (χ2v) is 10.6. The van der Waals surface area contributed by atoms with Gasteiger partial charge in [0.2, 0.25) is 5.91 Å². The molecular weight excluding hydrogens is 444 g/mol. The van der Waals surface area contributed by atoms with E-state index in [1.807, 2.05) is 38.1 Å². The van der Waals surface area contributed by atoms with Crippen LogP contribution in [0.4, 0.5) is 4.79 Å². The van der Waals surface area contributed by atoms with E-state index >= 15 is 0 Å².